The second-order valence-corrected chi connectivity index (χ2v) is 4.28. The van der Waals surface area contributed by atoms with Gasteiger partial charge in [-0.05, 0) is 45.4 Å². The molecule has 0 amide bonds. The molecule has 2 rings (SSSR count). The fraction of sp³-hybridized carbons (Fsp3) is 0. The number of nitrogens with zero attached hydrogens (tertiary/aromatic N) is 3. The average molecular weight is 365 g/mol. The van der Waals surface area contributed by atoms with Crippen LogP contribution in [-0.4, -0.2) is 16.4 Å². The minimum Gasteiger partial charge on any atom is -1.00 e. The zero-order valence-electron chi connectivity index (χ0n) is 8.64. The standard InChI is InChI=1S/C9H9IN6.ClH/c10-8-3-1-7(2-4-8)5-12-14-9-15-13-6-16(9)11;/h1-6H,11H2,(H,14,15);1H. The van der Waals surface area contributed by atoms with Crippen LogP contribution in [0, 0.1) is 3.57 Å². The number of nitrogens with two attached hydrogens (primary N) is 1. The van der Waals surface area contributed by atoms with Crippen LogP contribution in [0.3, 0.4) is 0 Å². The summed E-state index contributed by atoms with van der Waals surface area (Å²) in [5.74, 6) is 6.04. The van der Waals surface area contributed by atoms with Crippen LogP contribution in [-0.2, 0) is 0 Å². The molecule has 1 aromatic carbocycles. The third-order valence-electron chi connectivity index (χ3n) is 1.86. The number of aromatic amines is 1. The lowest BCUT2D eigenvalue weighted by Crippen LogP contribution is -3.00. The lowest BCUT2D eigenvalue weighted by atomic mass is 10.2. The molecule has 0 aliphatic rings. The van der Waals surface area contributed by atoms with Gasteiger partial charge < -0.3 is 12.4 Å². The topological polar surface area (TPSA) is 83.0 Å². The molecule has 0 fully saturated rings. The fourth-order valence-corrected chi connectivity index (χ4v) is 1.43. The number of benzene rings is 1. The number of H-pyrrole nitrogens is 1. The van der Waals surface area contributed by atoms with Crippen molar-refractivity contribution in [2.24, 2.45) is 5.10 Å². The van der Waals surface area contributed by atoms with E-state index in [4.69, 9.17) is 5.84 Å². The monoisotopic (exact) mass is 364 g/mol. The second-order valence-electron chi connectivity index (χ2n) is 3.03. The number of aromatic nitrogens is 3. The molecular weight excluding hydrogens is 354 g/mol. The zero-order chi connectivity index (χ0) is 11.4. The molecule has 1 heterocycles. The SMILES string of the molecule is N[n+]1cn[nH]c1NN=Cc1ccc(I)cc1.[Cl-]. The molecule has 2 aromatic rings. The van der Waals surface area contributed by atoms with Crippen molar-refractivity contribution in [1.82, 2.24) is 10.2 Å². The average Bonchev–Trinajstić information content (AvgIpc) is 2.68. The molecule has 0 radical (unpaired) electrons. The minimum atomic E-state index is 0. The second kappa shape index (κ2) is 6.40. The number of hydrogen-bond donors (Lipinski definition) is 3. The Balaban J connectivity index is 0.00000144. The summed E-state index contributed by atoms with van der Waals surface area (Å²) in [5, 5.41) is 10.4. The van der Waals surface area contributed by atoms with Gasteiger partial charge >= 0.3 is 5.95 Å². The van der Waals surface area contributed by atoms with Crippen LogP contribution in [0.4, 0.5) is 5.95 Å². The number of hydrazone groups is 1. The van der Waals surface area contributed by atoms with E-state index >= 15 is 0 Å². The summed E-state index contributed by atoms with van der Waals surface area (Å²) in [5.41, 5.74) is 3.75. The van der Waals surface area contributed by atoms with E-state index in [1.54, 1.807) is 6.21 Å². The van der Waals surface area contributed by atoms with Crippen molar-refractivity contribution in [3.05, 3.63) is 39.7 Å². The van der Waals surface area contributed by atoms with Crippen molar-refractivity contribution in [3.8, 4) is 0 Å². The van der Waals surface area contributed by atoms with Gasteiger partial charge in [-0.1, -0.05) is 12.1 Å². The van der Waals surface area contributed by atoms with Crippen LogP contribution in [0.5, 0.6) is 0 Å². The number of rotatable bonds is 3. The molecule has 17 heavy (non-hydrogen) atoms. The molecule has 0 bridgehead atoms. The van der Waals surface area contributed by atoms with Crippen molar-refractivity contribution < 1.29 is 17.1 Å². The van der Waals surface area contributed by atoms with Gasteiger partial charge in [-0.3, -0.25) is 5.84 Å². The number of halogens is 2. The molecular formula is C9H10ClIN6. The summed E-state index contributed by atoms with van der Waals surface area (Å²) in [4.78, 5) is 0. The van der Waals surface area contributed by atoms with Crippen LogP contribution >= 0.6 is 22.6 Å². The zero-order valence-corrected chi connectivity index (χ0v) is 11.6. The van der Waals surface area contributed by atoms with E-state index < -0.39 is 0 Å². The molecule has 0 aliphatic heterocycles. The molecule has 8 heteroatoms. The highest BCUT2D eigenvalue weighted by Gasteiger charge is 2.04. The maximum absolute atomic E-state index is 5.53. The lowest BCUT2D eigenvalue weighted by Gasteiger charge is -1.93. The molecule has 6 nitrogen and oxygen atoms in total. The smallest absolute Gasteiger partial charge is 0.386 e. The third kappa shape index (κ3) is 3.86. The summed E-state index contributed by atoms with van der Waals surface area (Å²) in [6.07, 6.45) is 3.15. The highest BCUT2D eigenvalue weighted by molar-refractivity contribution is 14.1. The van der Waals surface area contributed by atoms with Crippen LogP contribution in [0.15, 0.2) is 35.7 Å². The van der Waals surface area contributed by atoms with Crippen molar-refractivity contribution in [1.29, 1.82) is 0 Å². The Morgan fingerprint density at radius 2 is 2.12 bits per heavy atom. The van der Waals surface area contributed by atoms with Crippen LogP contribution in [0.1, 0.15) is 5.56 Å². The van der Waals surface area contributed by atoms with E-state index in [2.05, 4.69) is 43.3 Å². The molecule has 90 valence electrons. The summed E-state index contributed by atoms with van der Waals surface area (Å²) < 4.78 is 2.50. The van der Waals surface area contributed by atoms with E-state index in [0.29, 0.717) is 5.95 Å². The van der Waals surface area contributed by atoms with E-state index in [-0.39, 0.29) is 12.4 Å². The summed E-state index contributed by atoms with van der Waals surface area (Å²) in [6.45, 7) is 0. The van der Waals surface area contributed by atoms with E-state index in [0.717, 1.165) is 5.56 Å². The quantitative estimate of drug-likeness (QED) is 0.185. The van der Waals surface area contributed by atoms with Gasteiger partial charge in [0.05, 0.1) is 6.21 Å². The van der Waals surface area contributed by atoms with Gasteiger partial charge in [0.25, 0.3) is 6.33 Å². The normalized spacial score (nSPS) is 10.2. The van der Waals surface area contributed by atoms with Crippen molar-refractivity contribution >= 4 is 34.8 Å². The molecule has 0 unspecified atom stereocenters. The third-order valence-corrected chi connectivity index (χ3v) is 2.58. The summed E-state index contributed by atoms with van der Waals surface area (Å²) in [7, 11) is 0. The van der Waals surface area contributed by atoms with Gasteiger partial charge in [0.1, 0.15) is 0 Å². The Hall–Kier alpha value is -1.35. The number of hydrogen-bond acceptors (Lipinski definition) is 4. The largest absolute Gasteiger partial charge is 1.00 e. The Bertz CT molecular complexity index is 494. The Labute approximate surface area is 118 Å². The molecule has 1 aromatic heterocycles. The predicted molar refractivity (Wildman–Crippen MR) is 69.3 cm³/mol. The van der Waals surface area contributed by atoms with Crippen LogP contribution in [0.25, 0.3) is 0 Å². The first-order valence-electron chi connectivity index (χ1n) is 4.50. The Kier molecular flexibility index (Phi) is 5.16. The van der Waals surface area contributed by atoms with Gasteiger partial charge in [-0.25, -0.2) is 0 Å². The van der Waals surface area contributed by atoms with Gasteiger partial charge in [0, 0.05) is 3.57 Å². The highest BCUT2D eigenvalue weighted by Crippen LogP contribution is 2.04. The van der Waals surface area contributed by atoms with Crippen LogP contribution < -0.4 is 28.4 Å². The first kappa shape index (κ1) is 13.7. The van der Waals surface area contributed by atoms with E-state index in [9.17, 15) is 0 Å². The molecule has 0 atom stereocenters. The van der Waals surface area contributed by atoms with Gasteiger partial charge in [0.2, 0.25) is 0 Å². The van der Waals surface area contributed by atoms with Crippen molar-refractivity contribution in [2.45, 2.75) is 0 Å². The Morgan fingerprint density at radius 1 is 1.41 bits per heavy atom. The number of nitrogen functional groups attached to an aromatic ring is 1. The van der Waals surface area contributed by atoms with E-state index in [1.165, 1.54) is 14.6 Å². The summed E-state index contributed by atoms with van der Waals surface area (Å²) in [6, 6.07) is 8.00. The number of nitrogens with one attached hydrogen (secondary N) is 2. The van der Waals surface area contributed by atoms with Gasteiger partial charge in [0.15, 0.2) is 0 Å². The first-order chi connectivity index (χ1) is 7.75. The molecule has 0 saturated carbocycles. The first-order valence-corrected chi connectivity index (χ1v) is 5.58. The van der Waals surface area contributed by atoms with E-state index in [1.807, 2.05) is 24.3 Å². The minimum absolute atomic E-state index is 0. The predicted octanol–water partition coefficient (Wildman–Crippen LogP) is -2.53. The molecule has 0 aliphatic carbocycles. The van der Waals surface area contributed by atoms with Gasteiger partial charge in [-0.15, -0.1) is 14.9 Å². The highest BCUT2D eigenvalue weighted by atomic mass is 127. The van der Waals surface area contributed by atoms with Crippen molar-refractivity contribution in [3.63, 3.8) is 0 Å². The van der Waals surface area contributed by atoms with Crippen molar-refractivity contribution in [2.75, 3.05) is 11.3 Å². The maximum Gasteiger partial charge on any atom is 0.386 e. The van der Waals surface area contributed by atoms with Gasteiger partial charge in [-0.2, -0.15) is 5.43 Å². The van der Waals surface area contributed by atoms with Crippen LogP contribution in [0.2, 0.25) is 0 Å². The lowest BCUT2D eigenvalue weighted by molar-refractivity contribution is -0.624. The molecule has 0 spiro atoms. The Morgan fingerprint density at radius 3 is 2.71 bits per heavy atom. The molecule has 0 saturated heterocycles. The maximum atomic E-state index is 5.53. The molecule has 4 N–H and O–H groups in total. The number of anilines is 1. The summed E-state index contributed by atoms with van der Waals surface area (Å²) >= 11 is 2.25. The fourth-order valence-electron chi connectivity index (χ4n) is 1.07.